The minimum atomic E-state index is 0.545. The molecular formula is C14H20N4. The molecule has 1 unspecified atom stereocenters. The van der Waals surface area contributed by atoms with Crippen LogP contribution in [0, 0.1) is 0 Å². The lowest BCUT2D eigenvalue weighted by Crippen LogP contribution is -2.20. The average molecular weight is 244 g/mol. The van der Waals surface area contributed by atoms with Gasteiger partial charge in [-0.15, -0.1) is 0 Å². The van der Waals surface area contributed by atoms with E-state index < -0.39 is 0 Å². The second-order valence-corrected chi connectivity index (χ2v) is 5.01. The van der Waals surface area contributed by atoms with Crippen molar-refractivity contribution in [1.82, 2.24) is 19.4 Å². The number of rotatable bonds is 4. The molecule has 0 aromatic carbocycles. The van der Waals surface area contributed by atoms with Crippen molar-refractivity contribution in [3.05, 3.63) is 42.2 Å². The molecule has 4 nitrogen and oxygen atoms in total. The second kappa shape index (κ2) is 4.98. The van der Waals surface area contributed by atoms with Crippen molar-refractivity contribution in [1.29, 1.82) is 0 Å². The Labute approximate surface area is 108 Å². The molecular weight excluding hydrogens is 224 g/mol. The van der Waals surface area contributed by atoms with E-state index in [1.807, 2.05) is 18.7 Å². The zero-order valence-corrected chi connectivity index (χ0v) is 10.8. The molecule has 18 heavy (non-hydrogen) atoms. The Morgan fingerprint density at radius 2 is 2.22 bits per heavy atom. The highest BCUT2D eigenvalue weighted by Gasteiger charge is 2.20. The maximum absolute atomic E-state index is 4.07. The fourth-order valence-corrected chi connectivity index (χ4v) is 2.83. The van der Waals surface area contributed by atoms with Gasteiger partial charge in [0.05, 0.1) is 6.33 Å². The third-order valence-electron chi connectivity index (χ3n) is 3.84. The van der Waals surface area contributed by atoms with E-state index in [1.165, 1.54) is 30.4 Å². The van der Waals surface area contributed by atoms with Gasteiger partial charge in [-0.2, -0.15) is 0 Å². The van der Waals surface area contributed by atoms with E-state index in [2.05, 4.69) is 38.9 Å². The van der Waals surface area contributed by atoms with E-state index in [4.69, 9.17) is 0 Å². The number of aromatic nitrogens is 3. The van der Waals surface area contributed by atoms with Crippen LogP contribution in [0.25, 0.3) is 0 Å². The van der Waals surface area contributed by atoms with Gasteiger partial charge in [0, 0.05) is 43.9 Å². The Kier molecular flexibility index (Phi) is 3.19. The predicted octanol–water partition coefficient (Wildman–Crippen LogP) is 1.98. The molecule has 1 N–H and O–H groups in total. The van der Waals surface area contributed by atoms with Gasteiger partial charge in [0.25, 0.3) is 0 Å². The fourth-order valence-electron chi connectivity index (χ4n) is 2.83. The Morgan fingerprint density at radius 3 is 3.00 bits per heavy atom. The molecule has 0 saturated carbocycles. The molecule has 1 aliphatic rings. The van der Waals surface area contributed by atoms with Gasteiger partial charge in [-0.05, 0) is 37.4 Å². The van der Waals surface area contributed by atoms with Crippen LogP contribution in [0.4, 0.5) is 0 Å². The topological polar surface area (TPSA) is 34.8 Å². The summed E-state index contributed by atoms with van der Waals surface area (Å²) in [5.41, 5.74) is 3.01. The van der Waals surface area contributed by atoms with E-state index in [0.29, 0.717) is 6.04 Å². The summed E-state index contributed by atoms with van der Waals surface area (Å²) in [4.78, 5) is 4.07. The lowest BCUT2D eigenvalue weighted by atomic mass is 9.91. The highest BCUT2D eigenvalue weighted by molar-refractivity contribution is 5.30. The van der Waals surface area contributed by atoms with Crippen molar-refractivity contribution in [2.45, 2.75) is 38.4 Å². The van der Waals surface area contributed by atoms with Crippen molar-refractivity contribution < 1.29 is 0 Å². The van der Waals surface area contributed by atoms with Gasteiger partial charge < -0.3 is 14.5 Å². The first-order valence-corrected chi connectivity index (χ1v) is 6.68. The van der Waals surface area contributed by atoms with Crippen LogP contribution in [0.3, 0.4) is 0 Å². The summed E-state index contributed by atoms with van der Waals surface area (Å²) in [6.45, 7) is 2.00. The summed E-state index contributed by atoms with van der Waals surface area (Å²) in [5.74, 6) is 0. The second-order valence-electron chi connectivity index (χ2n) is 5.01. The van der Waals surface area contributed by atoms with E-state index in [9.17, 15) is 0 Å². The first-order valence-electron chi connectivity index (χ1n) is 6.68. The van der Waals surface area contributed by atoms with Gasteiger partial charge >= 0.3 is 0 Å². The molecule has 96 valence electrons. The normalized spacial score (nSPS) is 18.8. The molecule has 1 atom stereocenters. The molecule has 0 fully saturated rings. The van der Waals surface area contributed by atoms with Gasteiger partial charge in [-0.1, -0.05) is 0 Å². The number of hydrogen-bond acceptors (Lipinski definition) is 2. The van der Waals surface area contributed by atoms with Crippen molar-refractivity contribution in [3.63, 3.8) is 0 Å². The van der Waals surface area contributed by atoms with Gasteiger partial charge in [0.2, 0.25) is 0 Å². The molecule has 0 spiro atoms. The SMILES string of the molecule is CNC1CCCc2cn(CCn3ccnc3)cc21. The zero-order chi connectivity index (χ0) is 12.4. The maximum atomic E-state index is 4.07. The molecule has 1 aliphatic carbocycles. The Balaban J connectivity index is 1.72. The van der Waals surface area contributed by atoms with E-state index >= 15 is 0 Å². The molecule has 2 aromatic heterocycles. The maximum Gasteiger partial charge on any atom is 0.0946 e. The van der Waals surface area contributed by atoms with Crippen LogP contribution >= 0.6 is 0 Å². The van der Waals surface area contributed by atoms with E-state index in [0.717, 1.165) is 13.1 Å². The van der Waals surface area contributed by atoms with E-state index in [1.54, 1.807) is 0 Å². The van der Waals surface area contributed by atoms with Crippen LogP contribution in [-0.2, 0) is 19.5 Å². The van der Waals surface area contributed by atoms with Crippen molar-refractivity contribution in [2.24, 2.45) is 0 Å². The lowest BCUT2D eigenvalue weighted by Gasteiger charge is -2.21. The van der Waals surface area contributed by atoms with Crippen LogP contribution in [0.1, 0.15) is 30.0 Å². The largest absolute Gasteiger partial charge is 0.352 e. The van der Waals surface area contributed by atoms with Gasteiger partial charge in [0.15, 0.2) is 0 Å². The summed E-state index contributed by atoms with van der Waals surface area (Å²) in [6.07, 6.45) is 14.1. The highest BCUT2D eigenvalue weighted by Crippen LogP contribution is 2.30. The Bertz CT molecular complexity index is 498. The smallest absolute Gasteiger partial charge is 0.0946 e. The Hall–Kier alpha value is -1.55. The quantitative estimate of drug-likeness (QED) is 0.892. The summed E-state index contributed by atoms with van der Waals surface area (Å²) < 4.78 is 4.44. The van der Waals surface area contributed by atoms with Gasteiger partial charge in [0.1, 0.15) is 0 Å². The zero-order valence-electron chi connectivity index (χ0n) is 10.8. The molecule has 2 aromatic rings. The molecule has 0 amide bonds. The average Bonchev–Trinajstić information content (AvgIpc) is 3.04. The number of nitrogens with one attached hydrogen (secondary N) is 1. The standard InChI is InChI=1S/C14H20N4/c1-15-14-4-2-3-12-9-18(10-13(12)14)8-7-17-6-5-16-11-17/h5-6,9-11,14-15H,2-4,7-8H2,1H3. The summed E-state index contributed by atoms with van der Waals surface area (Å²) in [6, 6.07) is 0.545. The van der Waals surface area contributed by atoms with Crippen LogP contribution in [0.2, 0.25) is 0 Å². The summed E-state index contributed by atoms with van der Waals surface area (Å²) >= 11 is 0. The lowest BCUT2D eigenvalue weighted by molar-refractivity contribution is 0.498. The third kappa shape index (κ3) is 2.20. The van der Waals surface area contributed by atoms with Crippen molar-refractivity contribution in [3.8, 4) is 0 Å². The Morgan fingerprint density at radius 1 is 1.33 bits per heavy atom. The number of hydrogen-bond donors (Lipinski definition) is 1. The summed E-state index contributed by atoms with van der Waals surface area (Å²) in [5, 5.41) is 3.41. The number of fused-ring (bicyclic) bond motifs is 1. The van der Waals surface area contributed by atoms with Crippen molar-refractivity contribution in [2.75, 3.05) is 7.05 Å². The first-order chi connectivity index (χ1) is 8.86. The number of imidazole rings is 1. The number of nitrogens with zero attached hydrogens (tertiary/aromatic N) is 3. The monoisotopic (exact) mass is 244 g/mol. The third-order valence-corrected chi connectivity index (χ3v) is 3.84. The molecule has 0 radical (unpaired) electrons. The predicted molar refractivity (Wildman–Crippen MR) is 71.4 cm³/mol. The van der Waals surface area contributed by atoms with Crippen LogP contribution in [-0.4, -0.2) is 21.2 Å². The van der Waals surface area contributed by atoms with Gasteiger partial charge in [-0.25, -0.2) is 4.98 Å². The van der Waals surface area contributed by atoms with Crippen LogP contribution in [0.5, 0.6) is 0 Å². The molecule has 4 heteroatoms. The molecule has 3 rings (SSSR count). The van der Waals surface area contributed by atoms with E-state index in [-0.39, 0.29) is 0 Å². The van der Waals surface area contributed by atoms with Crippen LogP contribution < -0.4 is 5.32 Å². The molecule has 0 bridgehead atoms. The molecule has 0 saturated heterocycles. The molecule has 2 heterocycles. The fraction of sp³-hybridized carbons (Fsp3) is 0.500. The minimum absolute atomic E-state index is 0.545. The first kappa shape index (κ1) is 11.5. The van der Waals surface area contributed by atoms with Gasteiger partial charge in [-0.3, -0.25) is 0 Å². The minimum Gasteiger partial charge on any atom is -0.352 e. The van der Waals surface area contributed by atoms with Crippen molar-refractivity contribution >= 4 is 0 Å². The molecule has 0 aliphatic heterocycles. The number of aryl methyl sites for hydroxylation is 3. The highest BCUT2D eigenvalue weighted by atomic mass is 15.1. The van der Waals surface area contributed by atoms with Crippen LogP contribution in [0.15, 0.2) is 31.1 Å². The summed E-state index contributed by atoms with van der Waals surface area (Å²) in [7, 11) is 2.06.